The number of rotatable bonds is 7. The van der Waals surface area contributed by atoms with E-state index in [0.717, 1.165) is 23.3 Å². The fraction of sp³-hybridized carbons (Fsp3) is 0.0769. The van der Waals surface area contributed by atoms with Crippen molar-refractivity contribution in [2.45, 2.75) is 20.3 Å². The van der Waals surface area contributed by atoms with Crippen LogP contribution in [0.1, 0.15) is 19.4 Å². The van der Waals surface area contributed by atoms with Gasteiger partial charge in [0.05, 0.1) is 11.0 Å². The third-order valence-electron chi connectivity index (χ3n) is 7.95. The van der Waals surface area contributed by atoms with E-state index in [9.17, 15) is 0 Å². The lowest BCUT2D eigenvalue weighted by Gasteiger charge is -2.11. The lowest BCUT2D eigenvalue weighted by atomic mass is 9.99. The molecule has 2 nitrogen and oxygen atoms in total. The average Bonchev–Trinajstić information content (AvgIpc) is 3.36. The molecule has 6 aromatic rings. The molecule has 200 valence electrons. The predicted molar refractivity (Wildman–Crippen MR) is 177 cm³/mol. The van der Waals surface area contributed by atoms with Gasteiger partial charge in [0, 0.05) is 27.5 Å². The molecule has 0 spiro atoms. The normalized spacial score (nSPS) is 12.6. The zero-order valence-electron chi connectivity index (χ0n) is 23.6. The van der Waals surface area contributed by atoms with Crippen LogP contribution in [0.15, 0.2) is 157 Å². The molecule has 2 N–H and O–H groups in total. The Morgan fingerprint density at radius 1 is 0.780 bits per heavy atom. The molecular formula is C39H34N2. The van der Waals surface area contributed by atoms with Gasteiger partial charge in [-0.3, -0.25) is 0 Å². The van der Waals surface area contributed by atoms with Crippen molar-refractivity contribution in [2.24, 2.45) is 5.73 Å². The number of nitrogens with zero attached hydrogens (tertiary/aromatic N) is 1. The highest BCUT2D eigenvalue weighted by Gasteiger charge is 2.16. The zero-order chi connectivity index (χ0) is 28.3. The second-order valence-corrected chi connectivity index (χ2v) is 10.5. The average molecular weight is 531 g/mol. The quantitative estimate of drug-likeness (QED) is 0.205. The number of nitrogens with two attached hydrogens (primary N) is 1. The van der Waals surface area contributed by atoms with E-state index in [-0.39, 0.29) is 0 Å². The van der Waals surface area contributed by atoms with E-state index in [4.69, 9.17) is 5.73 Å². The molecule has 0 aliphatic carbocycles. The molecule has 5 aromatic carbocycles. The second-order valence-electron chi connectivity index (χ2n) is 10.5. The highest BCUT2D eigenvalue weighted by Crippen LogP contribution is 2.38. The number of hydrogen-bond donors (Lipinski definition) is 1. The maximum atomic E-state index is 6.23. The topological polar surface area (TPSA) is 30.9 Å². The molecule has 6 rings (SSSR count). The summed E-state index contributed by atoms with van der Waals surface area (Å²) in [5, 5.41) is 5.01. The van der Waals surface area contributed by atoms with E-state index >= 15 is 0 Å². The van der Waals surface area contributed by atoms with Gasteiger partial charge in [0.2, 0.25) is 0 Å². The van der Waals surface area contributed by atoms with Crippen LogP contribution in [0.2, 0.25) is 0 Å². The Morgan fingerprint density at radius 2 is 1.49 bits per heavy atom. The van der Waals surface area contributed by atoms with Crippen molar-refractivity contribution in [1.82, 2.24) is 4.57 Å². The molecule has 0 atom stereocenters. The minimum Gasteiger partial charge on any atom is -0.398 e. The van der Waals surface area contributed by atoms with Gasteiger partial charge in [0.15, 0.2) is 0 Å². The molecule has 2 heteroatoms. The SMILES string of the molecule is C=C(/C(C)=C\C)/C(N)=C/C=C\Cc1ccc2c3ccc4cc(-c5ccccc5)ccc4c3n(-c3ccccc3)c2c1. The minimum absolute atomic E-state index is 0.693. The standard InChI is InChI=1S/C39H34N2/c1-4-27(2)28(3)37(40)18-12-11-13-29-19-22-35-36-24-21-32-26-31(30-14-7-5-8-15-30)20-23-34(32)39(36)41(38(35)25-29)33-16-9-6-10-17-33/h4-12,14-26H,3,13,40H2,1-2H3/b12-11-,27-4-,37-18-. The molecular weight excluding hydrogens is 496 g/mol. The molecule has 0 fully saturated rings. The molecule has 0 radical (unpaired) electrons. The Bertz CT molecular complexity index is 1980. The van der Waals surface area contributed by atoms with E-state index in [2.05, 4.69) is 126 Å². The van der Waals surface area contributed by atoms with Crippen LogP contribution in [0.3, 0.4) is 0 Å². The Hall–Kier alpha value is -5.08. The van der Waals surface area contributed by atoms with Crippen molar-refractivity contribution in [1.29, 1.82) is 0 Å². The molecule has 0 saturated heterocycles. The van der Waals surface area contributed by atoms with Crippen LogP contribution < -0.4 is 5.73 Å². The number of allylic oxidation sites excluding steroid dienone is 5. The summed E-state index contributed by atoms with van der Waals surface area (Å²) in [7, 11) is 0. The number of aromatic nitrogens is 1. The van der Waals surface area contributed by atoms with Crippen LogP contribution in [0.5, 0.6) is 0 Å². The monoisotopic (exact) mass is 530 g/mol. The third-order valence-corrected chi connectivity index (χ3v) is 7.95. The van der Waals surface area contributed by atoms with Crippen LogP contribution in [0, 0.1) is 0 Å². The van der Waals surface area contributed by atoms with Gasteiger partial charge in [-0.2, -0.15) is 0 Å². The van der Waals surface area contributed by atoms with Crippen LogP contribution in [0.4, 0.5) is 0 Å². The summed E-state index contributed by atoms with van der Waals surface area (Å²) in [4.78, 5) is 0. The fourth-order valence-corrected chi connectivity index (χ4v) is 5.54. The molecule has 0 bridgehead atoms. The van der Waals surface area contributed by atoms with Crippen molar-refractivity contribution >= 4 is 32.6 Å². The summed E-state index contributed by atoms with van der Waals surface area (Å²) in [5.74, 6) is 0. The van der Waals surface area contributed by atoms with E-state index in [1.54, 1.807) is 0 Å². The second kappa shape index (κ2) is 11.2. The molecule has 1 aromatic heterocycles. The maximum absolute atomic E-state index is 6.23. The Morgan fingerprint density at radius 3 is 2.24 bits per heavy atom. The van der Waals surface area contributed by atoms with E-state index in [0.29, 0.717) is 5.70 Å². The van der Waals surface area contributed by atoms with Crippen molar-refractivity contribution < 1.29 is 0 Å². The molecule has 0 aliphatic rings. The Balaban J connectivity index is 1.46. The number of fused-ring (bicyclic) bond motifs is 5. The maximum Gasteiger partial charge on any atom is 0.0619 e. The van der Waals surface area contributed by atoms with E-state index in [1.807, 2.05) is 32.1 Å². The molecule has 0 unspecified atom stereocenters. The first-order valence-corrected chi connectivity index (χ1v) is 14.1. The summed E-state index contributed by atoms with van der Waals surface area (Å²) < 4.78 is 2.42. The first kappa shape index (κ1) is 26.2. The largest absolute Gasteiger partial charge is 0.398 e. The van der Waals surface area contributed by atoms with Gasteiger partial charge in [-0.15, -0.1) is 0 Å². The van der Waals surface area contributed by atoms with Crippen molar-refractivity contribution in [3.63, 3.8) is 0 Å². The van der Waals surface area contributed by atoms with Gasteiger partial charge in [-0.1, -0.05) is 110 Å². The predicted octanol–water partition coefficient (Wildman–Crippen LogP) is 10.1. The van der Waals surface area contributed by atoms with Crippen molar-refractivity contribution in [3.8, 4) is 16.8 Å². The molecule has 0 saturated carbocycles. The van der Waals surface area contributed by atoms with Crippen LogP contribution >= 0.6 is 0 Å². The van der Waals surface area contributed by atoms with Gasteiger partial charge in [0.1, 0.15) is 0 Å². The highest BCUT2D eigenvalue weighted by atomic mass is 15.0. The number of benzene rings is 5. The van der Waals surface area contributed by atoms with Gasteiger partial charge >= 0.3 is 0 Å². The van der Waals surface area contributed by atoms with E-state index in [1.165, 1.54) is 49.3 Å². The first-order chi connectivity index (χ1) is 20.0. The van der Waals surface area contributed by atoms with Gasteiger partial charge in [0.25, 0.3) is 0 Å². The highest BCUT2D eigenvalue weighted by molar-refractivity contribution is 6.19. The number of para-hydroxylation sites is 1. The fourth-order valence-electron chi connectivity index (χ4n) is 5.54. The zero-order valence-corrected chi connectivity index (χ0v) is 23.6. The lowest BCUT2D eigenvalue weighted by Crippen LogP contribution is -2.00. The molecule has 0 amide bonds. The van der Waals surface area contributed by atoms with Crippen LogP contribution in [0.25, 0.3) is 49.4 Å². The van der Waals surface area contributed by atoms with Gasteiger partial charge in [-0.25, -0.2) is 0 Å². The summed E-state index contributed by atoms with van der Waals surface area (Å²) in [6, 6.07) is 39.4. The first-order valence-electron chi connectivity index (χ1n) is 14.1. The van der Waals surface area contributed by atoms with E-state index < -0.39 is 0 Å². The summed E-state index contributed by atoms with van der Waals surface area (Å²) in [5.41, 5.74) is 16.2. The van der Waals surface area contributed by atoms with Gasteiger partial charge in [-0.05, 0) is 83.8 Å². The van der Waals surface area contributed by atoms with Crippen molar-refractivity contribution in [3.05, 3.63) is 162 Å². The summed E-state index contributed by atoms with van der Waals surface area (Å²) in [6.07, 6.45) is 8.96. The van der Waals surface area contributed by atoms with Gasteiger partial charge < -0.3 is 10.3 Å². The summed E-state index contributed by atoms with van der Waals surface area (Å²) in [6.45, 7) is 8.13. The van der Waals surface area contributed by atoms with Crippen LogP contribution in [-0.2, 0) is 6.42 Å². The minimum atomic E-state index is 0.693. The molecule has 0 aliphatic heterocycles. The molecule has 1 heterocycles. The smallest absolute Gasteiger partial charge is 0.0619 e. The Labute approximate surface area is 242 Å². The third kappa shape index (κ3) is 5.01. The summed E-state index contributed by atoms with van der Waals surface area (Å²) >= 11 is 0. The number of hydrogen-bond acceptors (Lipinski definition) is 1. The Kier molecular flexibility index (Phi) is 7.14. The van der Waals surface area contributed by atoms with Crippen molar-refractivity contribution in [2.75, 3.05) is 0 Å². The van der Waals surface area contributed by atoms with Crippen LogP contribution in [-0.4, -0.2) is 4.57 Å². The lowest BCUT2D eigenvalue weighted by molar-refractivity contribution is 1.18. The molecule has 41 heavy (non-hydrogen) atoms.